The molecular weight excluding hydrogens is 320 g/mol. The Morgan fingerprint density at radius 2 is 2.16 bits per heavy atom. The number of carbonyl (C=O) groups excluding carboxylic acids is 1. The molecule has 2 N–H and O–H groups in total. The fourth-order valence-electron chi connectivity index (χ4n) is 2.93. The third-order valence-corrected chi connectivity index (χ3v) is 4.32. The summed E-state index contributed by atoms with van der Waals surface area (Å²) < 4.78 is 5.11. The van der Waals surface area contributed by atoms with Gasteiger partial charge in [-0.1, -0.05) is 31.9 Å². The van der Waals surface area contributed by atoms with Crippen molar-refractivity contribution in [1.82, 2.24) is 5.32 Å². The molecule has 0 radical (unpaired) electrons. The van der Waals surface area contributed by atoms with Gasteiger partial charge in [0.1, 0.15) is 17.4 Å². The Kier molecular flexibility index (Phi) is 6.58. The predicted molar refractivity (Wildman–Crippen MR) is 92.7 cm³/mol. The zero-order valence-electron chi connectivity index (χ0n) is 14.2. The summed E-state index contributed by atoms with van der Waals surface area (Å²) in [6, 6.07) is 8.66. The maximum atomic E-state index is 12.4. The molecule has 1 amide bonds. The van der Waals surface area contributed by atoms with Crippen LogP contribution >= 0.6 is 0 Å². The van der Waals surface area contributed by atoms with E-state index in [1.807, 2.05) is 6.07 Å². The van der Waals surface area contributed by atoms with E-state index >= 15 is 0 Å². The lowest BCUT2D eigenvalue weighted by Gasteiger charge is -2.29. The molecule has 6 heteroatoms. The Balaban J connectivity index is 2.08. The molecule has 1 aromatic rings. The highest BCUT2D eigenvalue weighted by atomic mass is 16.5. The van der Waals surface area contributed by atoms with Crippen molar-refractivity contribution in [3.05, 3.63) is 35.4 Å². The van der Waals surface area contributed by atoms with Crippen LogP contribution in [0.5, 0.6) is 5.75 Å². The number of aliphatic carboxylic acids is 1. The molecule has 2 atom stereocenters. The average Bonchev–Trinajstić information content (AvgIpc) is 2.60. The molecule has 1 saturated carbocycles. The maximum Gasteiger partial charge on any atom is 0.341 e. The summed E-state index contributed by atoms with van der Waals surface area (Å²) in [5.74, 6) is -0.669. The van der Waals surface area contributed by atoms with Crippen LogP contribution in [0.15, 0.2) is 29.8 Å². The van der Waals surface area contributed by atoms with Gasteiger partial charge in [-0.05, 0) is 42.5 Å². The second-order valence-electron chi connectivity index (χ2n) is 6.27. The summed E-state index contributed by atoms with van der Waals surface area (Å²) in [6.45, 7) is 1.67. The van der Waals surface area contributed by atoms with Crippen molar-refractivity contribution in [1.29, 1.82) is 5.26 Å². The number of ether oxygens (including phenoxy) is 1. The highest BCUT2D eigenvalue weighted by molar-refractivity contribution is 6.01. The van der Waals surface area contributed by atoms with Crippen molar-refractivity contribution in [3.8, 4) is 11.8 Å². The molecule has 0 saturated heterocycles. The van der Waals surface area contributed by atoms with E-state index < -0.39 is 12.6 Å². The van der Waals surface area contributed by atoms with Crippen LogP contribution in [0.25, 0.3) is 6.08 Å². The van der Waals surface area contributed by atoms with Crippen LogP contribution in [-0.2, 0) is 9.59 Å². The van der Waals surface area contributed by atoms with E-state index in [1.165, 1.54) is 12.5 Å². The average molecular weight is 342 g/mol. The fourth-order valence-corrected chi connectivity index (χ4v) is 2.93. The van der Waals surface area contributed by atoms with Gasteiger partial charge in [0.2, 0.25) is 0 Å². The van der Waals surface area contributed by atoms with Crippen LogP contribution in [0.3, 0.4) is 0 Å². The van der Waals surface area contributed by atoms with Gasteiger partial charge >= 0.3 is 5.97 Å². The minimum Gasteiger partial charge on any atom is -0.482 e. The lowest BCUT2D eigenvalue weighted by Crippen LogP contribution is -2.41. The van der Waals surface area contributed by atoms with Crippen molar-refractivity contribution in [3.63, 3.8) is 0 Å². The quantitative estimate of drug-likeness (QED) is 0.612. The number of rotatable bonds is 6. The summed E-state index contributed by atoms with van der Waals surface area (Å²) in [6.07, 6.45) is 5.77. The monoisotopic (exact) mass is 342 g/mol. The molecule has 0 bridgehead atoms. The summed E-state index contributed by atoms with van der Waals surface area (Å²) >= 11 is 0. The lowest BCUT2D eigenvalue weighted by atomic mass is 9.86. The lowest BCUT2D eigenvalue weighted by molar-refractivity contribution is -0.139. The number of carbonyl (C=O) groups is 2. The molecule has 1 aliphatic rings. The highest BCUT2D eigenvalue weighted by Gasteiger charge is 2.24. The summed E-state index contributed by atoms with van der Waals surface area (Å²) in [7, 11) is 0. The second-order valence-corrected chi connectivity index (χ2v) is 6.27. The molecule has 1 aromatic carbocycles. The van der Waals surface area contributed by atoms with Gasteiger partial charge < -0.3 is 15.2 Å². The van der Waals surface area contributed by atoms with Crippen LogP contribution in [0.2, 0.25) is 0 Å². The van der Waals surface area contributed by atoms with Gasteiger partial charge in [0.05, 0.1) is 0 Å². The maximum absolute atomic E-state index is 12.4. The van der Waals surface area contributed by atoms with E-state index in [-0.39, 0.29) is 17.5 Å². The Morgan fingerprint density at radius 1 is 1.40 bits per heavy atom. The first-order valence-electron chi connectivity index (χ1n) is 8.37. The smallest absolute Gasteiger partial charge is 0.341 e. The van der Waals surface area contributed by atoms with Crippen molar-refractivity contribution < 1.29 is 19.4 Å². The van der Waals surface area contributed by atoms with Crippen LogP contribution in [-0.4, -0.2) is 29.6 Å². The molecule has 132 valence electrons. The third kappa shape index (κ3) is 5.64. The molecule has 2 rings (SSSR count). The van der Waals surface area contributed by atoms with Gasteiger partial charge in [-0.3, -0.25) is 4.79 Å². The van der Waals surface area contributed by atoms with Gasteiger partial charge in [-0.2, -0.15) is 5.26 Å². The Hall–Kier alpha value is -2.81. The summed E-state index contributed by atoms with van der Waals surface area (Å²) in [5.41, 5.74) is 0.624. The number of hydrogen-bond donors (Lipinski definition) is 2. The minimum atomic E-state index is -1.07. The van der Waals surface area contributed by atoms with Crippen LogP contribution in [0.1, 0.15) is 38.2 Å². The fraction of sp³-hybridized carbons (Fsp3) is 0.421. The topological polar surface area (TPSA) is 99.4 Å². The normalized spacial score (nSPS) is 20.4. The van der Waals surface area contributed by atoms with Gasteiger partial charge in [0, 0.05) is 6.04 Å². The molecule has 0 unspecified atom stereocenters. The first-order chi connectivity index (χ1) is 12.0. The van der Waals surface area contributed by atoms with Gasteiger partial charge in [-0.15, -0.1) is 0 Å². The zero-order valence-corrected chi connectivity index (χ0v) is 14.2. The molecular formula is C19H22N2O4. The number of hydrogen-bond acceptors (Lipinski definition) is 4. The number of carboxylic acids is 1. The summed E-state index contributed by atoms with van der Waals surface area (Å²) in [4.78, 5) is 22.9. The minimum absolute atomic E-state index is 0.0214. The van der Waals surface area contributed by atoms with Crippen LogP contribution in [0.4, 0.5) is 0 Å². The number of nitrogens with zero attached hydrogens (tertiary/aromatic N) is 1. The van der Waals surface area contributed by atoms with Crippen LogP contribution < -0.4 is 10.1 Å². The molecule has 1 fully saturated rings. The van der Waals surface area contributed by atoms with Crippen molar-refractivity contribution >= 4 is 18.0 Å². The second kappa shape index (κ2) is 8.88. The van der Waals surface area contributed by atoms with Crippen molar-refractivity contribution in [2.24, 2.45) is 5.92 Å². The standard InChI is InChI=1S/C19H22N2O4/c1-13-5-2-3-8-17(13)21-19(24)15(11-20)9-14-6-4-7-16(10-14)25-12-18(22)23/h4,6-7,9-10,13,17H,2-3,5,8,12H2,1H3,(H,21,24)(H,22,23)/b15-9+/t13-,17+/m0/s1. The molecule has 0 heterocycles. The largest absolute Gasteiger partial charge is 0.482 e. The molecule has 25 heavy (non-hydrogen) atoms. The summed E-state index contributed by atoms with van der Waals surface area (Å²) in [5, 5.41) is 20.9. The highest BCUT2D eigenvalue weighted by Crippen LogP contribution is 2.24. The number of nitriles is 1. The predicted octanol–water partition coefficient (Wildman–Crippen LogP) is 2.75. The van der Waals surface area contributed by atoms with Crippen LogP contribution in [0, 0.1) is 17.2 Å². The number of nitrogens with one attached hydrogen (secondary N) is 1. The Morgan fingerprint density at radius 3 is 2.84 bits per heavy atom. The van der Waals surface area contributed by atoms with E-state index in [0.29, 0.717) is 17.2 Å². The van der Waals surface area contributed by atoms with E-state index in [4.69, 9.17) is 9.84 Å². The first kappa shape index (κ1) is 18.5. The Labute approximate surface area is 147 Å². The van der Waals surface area contributed by atoms with Crippen molar-refractivity contribution in [2.75, 3.05) is 6.61 Å². The van der Waals surface area contributed by atoms with E-state index in [0.717, 1.165) is 19.3 Å². The number of benzene rings is 1. The number of amides is 1. The molecule has 6 nitrogen and oxygen atoms in total. The van der Waals surface area contributed by atoms with E-state index in [2.05, 4.69) is 12.2 Å². The van der Waals surface area contributed by atoms with E-state index in [9.17, 15) is 14.9 Å². The SMILES string of the molecule is C[C@H]1CCCC[C@H]1NC(=O)/C(C#N)=C/c1cccc(OCC(=O)O)c1. The van der Waals surface area contributed by atoms with Gasteiger partial charge in [0.25, 0.3) is 5.91 Å². The first-order valence-corrected chi connectivity index (χ1v) is 8.37. The van der Waals surface area contributed by atoms with E-state index in [1.54, 1.807) is 24.3 Å². The molecule has 1 aliphatic carbocycles. The molecule has 0 aliphatic heterocycles. The third-order valence-electron chi connectivity index (χ3n) is 4.32. The van der Waals surface area contributed by atoms with Gasteiger partial charge in [-0.25, -0.2) is 4.79 Å². The van der Waals surface area contributed by atoms with Crippen molar-refractivity contribution in [2.45, 2.75) is 38.6 Å². The molecule has 0 aromatic heterocycles. The van der Waals surface area contributed by atoms with Gasteiger partial charge in [0.15, 0.2) is 6.61 Å². The molecule has 0 spiro atoms. The number of carboxylic acid groups (broad SMARTS) is 1. The zero-order chi connectivity index (χ0) is 18.2. The Bertz CT molecular complexity index is 706.